The van der Waals surface area contributed by atoms with Gasteiger partial charge in [-0.1, -0.05) is 76.2 Å². The van der Waals surface area contributed by atoms with Gasteiger partial charge in [0.2, 0.25) is 0 Å². The van der Waals surface area contributed by atoms with Crippen LogP contribution in [0.5, 0.6) is 5.75 Å². The predicted molar refractivity (Wildman–Crippen MR) is 131 cm³/mol. The van der Waals surface area contributed by atoms with Crippen LogP contribution in [0, 0.1) is 11.8 Å². The molecular formula is C28H44NO2+. The van der Waals surface area contributed by atoms with Crippen LogP contribution in [0.15, 0.2) is 60.7 Å². The molecule has 0 saturated heterocycles. The van der Waals surface area contributed by atoms with Gasteiger partial charge in [0.25, 0.3) is 5.72 Å². The van der Waals surface area contributed by atoms with Crippen molar-refractivity contribution in [1.29, 1.82) is 0 Å². The lowest BCUT2D eigenvalue weighted by Gasteiger charge is -2.56. The van der Waals surface area contributed by atoms with E-state index in [9.17, 15) is 0 Å². The molecule has 0 aliphatic heterocycles. The summed E-state index contributed by atoms with van der Waals surface area (Å²) in [5.74, 6) is 1.83. The smallest absolute Gasteiger partial charge is 0.272 e. The van der Waals surface area contributed by atoms with Crippen LogP contribution in [0.25, 0.3) is 0 Å². The van der Waals surface area contributed by atoms with Gasteiger partial charge in [0.15, 0.2) is 5.60 Å². The minimum Gasteiger partial charge on any atom is -0.437 e. The summed E-state index contributed by atoms with van der Waals surface area (Å²) in [5, 5.41) is 0. The van der Waals surface area contributed by atoms with Gasteiger partial charge in [-0.25, -0.2) is 0 Å². The Bertz CT molecular complexity index is 772. The summed E-state index contributed by atoms with van der Waals surface area (Å²) in [6.45, 7) is 15.0. The number of rotatable bonds is 12. The summed E-state index contributed by atoms with van der Waals surface area (Å²) >= 11 is 0. The van der Waals surface area contributed by atoms with Gasteiger partial charge in [0.1, 0.15) is 12.3 Å². The third kappa shape index (κ3) is 6.11. The standard InChI is InChI=1S/C28H44NO2/c1-9-30-27(6,20-23(2)3)28(21-24(4)5,31-26-18-14-11-15-19-26)29(7,8)22-25-16-12-10-13-17-25/h10-19,23-24H,9,20-22H2,1-8H3/q+1. The van der Waals surface area contributed by atoms with Gasteiger partial charge in [-0.05, 0) is 44.2 Å². The van der Waals surface area contributed by atoms with Crippen LogP contribution < -0.4 is 4.74 Å². The maximum atomic E-state index is 7.12. The molecule has 2 atom stereocenters. The number of hydrogen-bond donors (Lipinski definition) is 0. The molecule has 2 rings (SSSR count). The van der Waals surface area contributed by atoms with Crippen molar-refractivity contribution in [3.8, 4) is 5.75 Å². The van der Waals surface area contributed by atoms with Gasteiger partial charge in [0, 0.05) is 18.6 Å². The number of hydrogen-bond acceptors (Lipinski definition) is 2. The highest BCUT2D eigenvalue weighted by molar-refractivity contribution is 5.23. The molecule has 172 valence electrons. The van der Waals surface area contributed by atoms with Crippen molar-refractivity contribution in [1.82, 2.24) is 0 Å². The monoisotopic (exact) mass is 426 g/mol. The van der Waals surface area contributed by atoms with E-state index in [-0.39, 0.29) is 0 Å². The summed E-state index contributed by atoms with van der Waals surface area (Å²) in [4.78, 5) is 0. The summed E-state index contributed by atoms with van der Waals surface area (Å²) in [7, 11) is 4.60. The van der Waals surface area contributed by atoms with Crippen LogP contribution in [0.4, 0.5) is 0 Å². The topological polar surface area (TPSA) is 18.5 Å². The second kappa shape index (κ2) is 10.7. The first-order valence-electron chi connectivity index (χ1n) is 11.8. The molecule has 31 heavy (non-hydrogen) atoms. The zero-order valence-corrected chi connectivity index (χ0v) is 21.0. The molecule has 0 aliphatic rings. The molecule has 0 bridgehead atoms. The Morgan fingerprint density at radius 1 is 0.806 bits per heavy atom. The van der Waals surface area contributed by atoms with Crippen LogP contribution in [-0.2, 0) is 11.3 Å². The average Bonchev–Trinajstić information content (AvgIpc) is 2.67. The van der Waals surface area contributed by atoms with Crippen LogP contribution in [0.1, 0.15) is 59.9 Å². The molecule has 0 amide bonds. The Hall–Kier alpha value is -1.84. The first kappa shape index (κ1) is 25.4. The van der Waals surface area contributed by atoms with E-state index < -0.39 is 11.3 Å². The Labute approximate surface area is 191 Å². The first-order chi connectivity index (χ1) is 14.6. The maximum Gasteiger partial charge on any atom is 0.272 e. The molecule has 2 aromatic carbocycles. The van der Waals surface area contributed by atoms with E-state index in [1.54, 1.807) is 0 Å². The highest BCUT2D eigenvalue weighted by Gasteiger charge is 2.62. The highest BCUT2D eigenvalue weighted by atomic mass is 16.6. The van der Waals surface area contributed by atoms with E-state index in [1.807, 2.05) is 18.2 Å². The maximum absolute atomic E-state index is 7.12. The fraction of sp³-hybridized carbons (Fsp3) is 0.571. The van der Waals surface area contributed by atoms with Crippen molar-refractivity contribution < 1.29 is 14.0 Å². The predicted octanol–water partition coefficient (Wildman–Crippen LogP) is 6.93. The van der Waals surface area contributed by atoms with E-state index in [0.29, 0.717) is 22.9 Å². The van der Waals surface area contributed by atoms with Gasteiger partial charge in [-0.3, -0.25) is 4.48 Å². The van der Waals surface area contributed by atoms with Crippen molar-refractivity contribution in [2.75, 3.05) is 20.7 Å². The largest absolute Gasteiger partial charge is 0.437 e. The van der Waals surface area contributed by atoms with Gasteiger partial charge in [-0.15, -0.1) is 0 Å². The van der Waals surface area contributed by atoms with Gasteiger partial charge in [-0.2, -0.15) is 0 Å². The van der Waals surface area contributed by atoms with Gasteiger partial charge < -0.3 is 9.47 Å². The molecule has 3 nitrogen and oxygen atoms in total. The average molecular weight is 427 g/mol. The molecule has 0 heterocycles. The number of likely N-dealkylation sites (N-methyl/N-ethyl adjacent to an activating group) is 1. The van der Waals surface area contributed by atoms with E-state index >= 15 is 0 Å². The lowest BCUT2D eigenvalue weighted by Crippen LogP contribution is -2.74. The summed E-state index contributed by atoms with van der Waals surface area (Å²) < 4.78 is 14.5. The van der Waals surface area contributed by atoms with E-state index in [4.69, 9.17) is 9.47 Å². The quantitative estimate of drug-likeness (QED) is 0.271. The molecule has 0 N–H and O–H groups in total. The highest BCUT2D eigenvalue weighted by Crippen LogP contribution is 2.46. The molecule has 2 aromatic rings. The zero-order chi connectivity index (χ0) is 23.1. The van der Waals surface area contributed by atoms with E-state index in [1.165, 1.54) is 5.56 Å². The molecule has 0 fully saturated rings. The fourth-order valence-electron chi connectivity index (χ4n) is 5.21. The summed E-state index contributed by atoms with van der Waals surface area (Å²) in [5.41, 5.74) is 0.271. The van der Waals surface area contributed by atoms with Crippen LogP contribution in [-0.4, -0.2) is 36.5 Å². The molecule has 0 radical (unpaired) electrons. The van der Waals surface area contributed by atoms with Crippen molar-refractivity contribution in [2.45, 2.75) is 72.3 Å². The second-order valence-corrected chi connectivity index (χ2v) is 10.4. The van der Waals surface area contributed by atoms with Crippen LogP contribution >= 0.6 is 0 Å². The molecule has 3 heteroatoms. The Morgan fingerprint density at radius 2 is 1.32 bits per heavy atom. The molecule has 0 spiro atoms. The van der Waals surface area contributed by atoms with Crippen molar-refractivity contribution in [2.24, 2.45) is 11.8 Å². The number of para-hydroxylation sites is 1. The fourth-order valence-corrected chi connectivity index (χ4v) is 5.21. The molecule has 2 unspecified atom stereocenters. The first-order valence-corrected chi connectivity index (χ1v) is 11.8. The van der Waals surface area contributed by atoms with Crippen molar-refractivity contribution >= 4 is 0 Å². The van der Waals surface area contributed by atoms with E-state index in [2.05, 4.69) is 98.1 Å². The lowest BCUT2D eigenvalue weighted by molar-refractivity contribution is -0.984. The zero-order valence-electron chi connectivity index (χ0n) is 21.0. The third-order valence-electron chi connectivity index (χ3n) is 6.20. The second-order valence-electron chi connectivity index (χ2n) is 10.4. The van der Waals surface area contributed by atoms with Gasteiger partial charge >= 0.3 is 0 Å². The van der Waals surface area contributed by atoms with Crippen molar-refractivity contribution in [3.63, 3.8) is 0 Å². The minimum absolute atomic E-state index is 0.448. The van der Waals surface area contributed by atoms with E-state index in [0.717, 1.165) is 25.1 Å². The number of nitrogens with zero attached hydrogens (tertiary/aromatic N) is 1. The van der Waals surface area contributed by atoms with Crippen LogP contribution in [0.2, 0.25) is 0 Å². The Kier molecular flexibility index (Phi) is 8.73. The number of benzene rings is 2. The summed E-state index contributed by atoms with van der Waals surface area (Å²) in [6, 6.07) is 21.0. The number of ether oxygens (including phenoxy) is 2. The third-order valence-corrected chi connectivity index (χ3v) is 6.20. The lowest BCUT2D eigenvalue weighted by atomic mass is 9.77. The molecular weight excluding hydrogens is 382 g/mol. The minimum atomic E-state index is -0.571. The Morgan fingerprint density at radius 3 is 1.81 bits per heavy atom. The van der Waals surface area contributed by atoms with Crippen LogP contribution in [0.3, 0.4) is 0 Å². The Balaban J connectivity index is 2.70. The molecule has 0 saturated carbocycles. The van der Waals surface area contributed by atoms with Gasteiger partial charge in [0.05, 0.1) is 14.1 Å². The van der Waals surface area contributed by atoms with Crippen molar-refractivity contribution in [3.05, 3.63) is 66.2 Å². The normalized spacial score (nSPS) is 16.2. The summed E-state index contributed by atoms with van der Waals surface area (Å²) in [6.07, 6.45) is 1.82. The molecule has 0 aromatic heterocycles. The SMILES string of the molecule is CCOC(C)(CC(C)C)C(CC(C)C)(Oc1ccccc1)[N+](C)(C)Cc1ccccc1. The molecule has 0 aliphatic carbocycles. The number of quaternary nitrogens is 1.